The number of carboxylic acids is 1. The Morgan fingerprint density at radius 2 is 2.00 bits per heavy atom. The highest BCUT2D eigenvalue weighted by molar-refractivity contribution is 7.15. The molecule has 0 aliphatic carbocycles. The van der Waals surface area contributed by atoms with Gasteiger partial charge in [0, 0.05) is 12.0 Å². The topological polar surface area (TPSA) is 104 Å². The molecule has 8 heteroatoms. The van der Waals surface area contributed by atoms with Crippen LogP contribution in [0.2, 0.25) is 0 Å². The van der Waals surface area contributed by atoms with Gasteiger partial charge in [0.05, 0.1) is 6.42 Å². The third-order valence-corrected chi connectivity index (χ3v) is 3.18. The van der Waals surface area contributed by atoms with Crippen molar-refractivity contribution in [3.05, 3.63) is 5.01 Å². The molecule has 0 aliphatic heterocycles. The fraction of sp³-hybridized carbons (Fsp3) is 0.667. The second-order valence-electron chi connectivity index (χ2n) is 5.63. The Morgan fingerprint density at radius 3 is 2.55 bits per heavy atom. The van der Waals surface area contributed by atoms with Crippen molar-refractivity contribution in [1.82, 2.24) is 15.5 Å². The van der Waals surface area contributed by atoms with E-state index in [-0.39, 0.29) is 6.42 Å². The van der Waals surface area contributed by atoms with Crippen LogP contribution in [0.1, 0.15) is 39.1 Å². The quantitative estimate of drug-likeness (QED) is 0.746. The maximum Gasteiger partial charge on any atom is 0.321 e. The van der Waals surface area contributed by atoms with Gasteiger partial charge >= 0.3 is 12.0 Å². The van der Waals surface area contributed by atoms with Gasteiger partial charge in [0.1, 0.15) is 5.01 Å². The molecule has 1 aromatic rings. The zero-order valence-corrected chi connectivity index (χ0v) is 12.9. The van der Waals surface area contributed by atoms with Gasteiger partial charge in [-0.05, 0) is 19.8 Å². The molecule has 3 N–H and O–H groups in total. The lowest BCUT2D eigenvalue weighted by atomic mass is 10.0. The summed E-state index contributed by atoms with van der Waals surface area (Å²) in [6.45, 7) is 7.45. The summed E-state index contributed by atoms with van der Waals surface area (Å²) >= 11 is 1.32. The molecule has 0 atom stereocenters. The zero-order valence-electron chi connectivity index (χ0n) is 12.1. The lowest BCUT2D eigenvalue weighted by molar-refractivity contribution is -0.138. The highest BCUT2D eigenvalue weighted by atomic mass is 32.1. The molecule has 0 unspecified atom stereocenters. The fourth-order valence-corrected chi connectivity index (χ4v) is 2.54. The number of aliphatic carboxylic acids is 1. The zero-order chi connectivity index (χ0) is 15.3. The Bertz CT molecular complexity index is 485. The monoisotopic (exact) mass is 300 g/mol. The van der Waals surface area contributed by atoms with E-state index in [1.165, 1.54) is 11.3 Å². The van der Waals surface area contributed by atoms with Crippen molar-refractivity contribution in [2.24, 2.45) is 5.92 Å². The smallest absolute Gasteiger partial charge is 0.321 e. The first-order valence-electron chi connectivity index (χ1n) is 6.31. The van der Waals surface area contributed by atoms with Crippen LogP contribution in [0.4, 0.5) is 9.93 Å². The summed E-state index contributed by atoms with van der Waals surface area (Å²) in [5, 5.41) is 23.0. The van der Waals surface area contributed by atoms with Crippen molar-refractivity contribution in [1.29, 1.82) is 0 Å². The Hall–Kier alpha value is -1.70. The Kier molecular flexibility index (Phi) is 5.43. The molecule has 0 spiro atoms. The molecule has 20 heavy (non-hydrogen) atoms. The van der Waals surface area contributed by atoms with Crippen LogP contribution < -0.4 is 10.6 Å². The van der Waals surface area contributed by atoms with Crippen molar-refractivity contribution < 1.29 is 14.7 Å². The van der Waals surface area contributed by atoms with Crippen LogP contribution in [0.3, 0.4) is 0 Å². The first-order chi connectivity index (χ1) is 9.18. The van der Waals surface area contributed by atoms with Crippen LogP contribution >= 0.6 is 11.3 Å². The maximum atomic E-state index is 11.8. The molecule has 1 aromatic heterocycles. The van der Waals surface area contributed by atoms with Gasteiger partial charge < -0.3 is 10.4 Å². The van der Waals surface area contributed by atoms with Crippen LogP contribution in [-0.4, -0.2) is 32.8 Å². The minimum atomic E-state index is -0.967. The minimum Gasteiger partial charge on any atom is -0.481 e. The van der Waals surface area contributed by atoms with Gasteiger partial charge in [-0.3, -0.25) is 10.1 Å². The number of carboxylic acid groups (broad SMARTS) is 1. The standard InChI is InChI=1S/C12H20N4O3S/c1-7(2)5-8-15-16-11(20-8)13-10(19)14-12(3,4)6-9(17)18/h7H,5-6H2,1-4H3,(H,17,18)(H2,13,14,16,19). The highest BCUT2D eigenvalue weighted by Crippen LogP contribution is 2.18. The summed E-state index contributed by atoms with van der Waals surface area (Å²) in [6, 6.07) is -0.483. The number of aromatic nitrogens is 2. The van der Waals surface area contributed by atoms with E-state index in [2.05, 4.69) is 34.7 Å². The predicted octanol–water partition coefficient (Wildman–Crippen LogP) is 2.11. The summed E-state index contributed by atoms with van der Waals surface area (Å²) in [7, 11) is 0. The van der Waals surface area contributed by atoms with Crippen LogP contribution in [0, 0.1) is 5.92 Å². The van der Waals surface area contributed by atoms with Gasteiger partial charge in [0.25, 0.3) is 0 Å². The highest BCUT2D eigenvalue weighted by Gasteiger charge is 2.24. The number of amides is 2. The Morgan fingerprint density at radius 1 is 1.35 bits per heavy atom. The molecule has 0 saturated heterocycles. The molecular weight excluding hydrogens is 280 g/mol. The lowest BCUT2D eigenvalue weighted by Crippen LogP contribution is -2.46. The average Bonchev–Trinajstić information content (AvgIpc) is 2.60. The second kappa shape index (κ2) is 6.65. The van der Waals surface area contributed by atoms with Crippen LogP contribution in [0.5, 0.6) is 0 Å². The number of carbonyl (C=O) groups is 2. The van der Waals surface area contributed by atoms with Gasteiger partial charge in [-0.25, -0.2) is 4.79 Å². The van der Waals surface area contributed by atoms with Gasteiger partial charge in [-0.2, -0.15) is 0 Å². The van der Waals surface area contributed by atoms with Gasteiger partial charge in [-0.15, -0.1) is 10.2 Å². The molecule has 0 aromatic carbocycles. The molecule has 0 aliphatic rings. The molecule has 0 bridgehead atoms. The Balaban J connectivity index is 2.54. The molecule has 0 fully saturated rings. The molecule has 112 valence electrons. The van der Waals surface area contributed by atoms with E-state index in [9.17, 15) is 9.59 Å². The van der Waals surface area contributed by atoms with Crippen LogP contribution in [0.25, 0.3) is 0 Å². The molecule has 0 radical (unpaired) electrons. The van der Waals surface area contributed by atoms with Crippen molar-refractivity contribution in [2.45, 2.75) is 46.1 Å². The first kappa shape index (κ1) is 16.4. The minimum absolute atomic E-state index is 0.158. The number of urea groups is 1. The second-order valence-corrected chi connectivity index (χ2v) is 6.69. The van der Waals surface area contributed by atoms with Gasteiger partial charge in [0.15, 0.2) is 0 Å². The van der Waals surface area contributed by atoms with Crippen molar-refractivity contribution in [3.63, 3.8) is 0 Å². The van der Waals surface area contributed by atoms with Crippen LogP contribution in [0.15, 0.2) is 0 Å². The number of rotatable bonds is 6. The van der Waals surface area contributed by atoms with Gasteiger partial charge in [0.2, 0.25) is 5.13 Å². The summed E-state index contributed by atoms with van der Waals surface area (Å²) in [5.41, 5.74) is -0.832. The molecule has 0 saturated carbocycles. The number of nitrogens with zero attached hydrogens (tertiary/aromatic N) is 2. The number of nitrogens with one attached hydrogen (secondary N) is 2. The third kappa shape index (κ3) is 5.96. The number of hydrogen-bond donors (Lipinski definition) is 3. The normalized spacial score (nSPS) is 11.4. The summed E-state index contributed by atoms with van der Waals surface area (Å²) in [5.74, 6) is -0.496. The largest absolute Gasteiger partial charge is 0.481 e. The van der Waals surface area contributed by atoms with Crippen molar-refractivity contribution in [3.8, 4) is 0 Å². The number of hydrogen-bond acceptors (Lipinski definition) is 5. The summed E-state index contributed by atoms with van der Waals surface area (Å²) in [6.07, 6.45) is 0.653. The van der Waals surface area contributed by atoms with E-state index in [4.69, 9.17) is 5.11 Å². The first-order valence-corrected chi connectivity index (χ1v) is 7.13. The van der Waals surface area contributed by atoms with Gasteiger partial charge in [-0.1, -0.05) is 25.2 Å². The molecule has 1 heterocycles. The predicted molar refractivity (Wildman–Crippen MR) is 76.9 cm³/mol. The fourth-order valence-electron chi connectivity index (χ4n) is 1.59. The summed E-state index contributed by atoms with van der Waals surface area (Å²) in [4.78, 5) is 22.4. The van der Waals surface area contributed by atoms with Crippen molar-refractivity contribution in [2.75, 3.05) is 5.32 Å². The van der Waals surface area contributed by atoms with E-state index in [0.29, 0.717) is 11.0 Å². The number of carbonyl (C=O) groups excluding carboxylic acids is 1. The Labute approximate surface area is 121 Å². The maximum absolute atomic E-state index is 11.8. The van der Waals surface area contributed by atoms with E-state index < -0.39 is 17.5 Å². The average molecular weight is 300 g/mol. The van der Waals surface area contributed by atoms with E-state index >= 15 is 0 Å². The van der Waals surface area contributed by atoms with E-state index in [1.807, 2.05) is 0 Å². The van der Waals surface area contributed by atoms with E-state index in [0.717, 1.165) is 11.4 Å². The summed E-state index contributed by atoms with van der Waals surface area (Å²) < 4.78 is 0. The third-order valence-electron chi connectivity index (χ3n) is 2.32. The van der Waals surface area contributed by atoms with Crippen LogP contribution in [-0.2, 0) is 11.2 Å². The van der Waals surface area contributed by atoms with E-state index in [1.54, 1.807) is 13.8 Å². The lowest BCUT2D eigenvalue weighted by Gasteiger charge is -2.23. The molecule has 2 amide bonds. The number of anilines is 1. The SMILES string of the molecule is CC(C)Cc1nnc(NC(=O)NC(C)(C)CC(=O)O)s1. The molecule has 1 rings (SSSR count). The van der Waals surface area contributed by atoms with Crippen molar-refractivity contribution >= 4 is 28.5 Å². The molecule has 7 nitrogen and oxygen atoms in total. The molecular formula is C12H20N4O3S.